The first-order chi connectivity index (χ1) is 7.56. The summed E-state index contributed by atoms with van der Waals surface area (Å²) in [5.41, 5.74) is 0. The van der Waals surface area contributed by atoms with Crippen LogP contribution in [0.15, 0.2) is 0 Å². The second-order valence-electron chi connectivity index (χ2n) is 5.77. The van der Waals surface area contributed by atoms with E-state index in [1.807, 2.05) is 0 Å². The first-order valence-corrected chi connectivity index (χ1v) is 7.01. The zero-order valence-corrected chi connectivity index (χ0v) is 11.8. The smallest absolute Gasteiger partial charge is 0.0110 e. The maximum absolute atomic E-state index is 3.66. The normalized spacial score (nSPS) is 27.9. The minimum absolute atomic E-state index is 0.704. The van der Waals surface area contributed by atoms with Crippen LogP contribution in [0.25, 0.3) is 0 Å². The van der Waals surface area contributed by atoms with E-state index in [9.17, 15) is 0 Å². The Morgan fingerprint density at radius 1 is 1.25 bits per heavy atom. The van der Waals surface area contributed by atoms with Gasteiger partial charge in [-0.15, -0.1) is 0 Å². The summed E-state index contributed by atoms with van der Waals surface area (Å²) >= 11 is 0. The number of rotatable bonds is 6. The first kappa shape index (κ1) is 14.0. The van der Waals surface area contributed by atoms with Gasteiger partial charge in [-0.3, -0.25) is 0 Å². The average molecular weight is 226 g/mol. The van der Waals surface area contributed by atoms with E-state index in [-0.39, 0.29) is 0 Å². The number of nitrogens with one attached hydrogen (secondary N) is 1. The van der Waals surface area contributed by atoms with E-state index < -0.39 is 0 Å². The summed E-state index contributed by atoms with van der Waals surface area (Å²) in [6.45, 7) is 10.4. The van der Waals surface area contributed by atoms with Crippen molar-refractivity contribution in [1.82, 2.24) is 10.2 Å². The maximum Gasteiger partial charge on any atom is 0.0110 e. The Kier molecular flexibility index (Phi) is 5.77. The van der Waals surface area contributed by atoms with Gasteiger partial charge < -0.3 is 10.2 Å². The largest absolute Gasteiger partial charge is 0.314 e. The number of nitrogens with zero attached hydrogens (tertiary/aromatic N) is 1. The molecule has 1 saturated carbocycles. The number of hydrogen-bond acceptors (Lipinski definition) is 2. The third-order valence-corrected chi connectivity index (χ3v) is 4.27. The fraction of sp³-hybridized carbons (Fsp3) is 1.00. The van der Waals surface area contributed by atoms with Crippen molar-refractivity contribution in [2.24, 2.45) is 5.92 Å². The lowest BCUT2D eigenvalue weighted by Gasteiger charge is -2.33. The topological polar surface area (TPSA) is 15.3 Å². The average Bonchev–Trinajstić information content (AvgIpc) is 2.72. The summed E-state index contributed by atoms with van der Waals surface area (Å²) in [5.74, 6) is 0.757. The SMILES string of the molecule is CCCNC1CCC(N(C)C(C)C(C)C)C1. The zero-order valence-electron chi connectivity index (χ0n) is 11.8. The van der Waals surface area contributed by atoms with Gasteiger partial charge >= 0.3 is 0 Å². The lowest BCUT2D eigenvalue weighted by molar-refractivity contribution is 0.148. The van der Waals surface area contributed by atoms with Crippen LogP contribution < -0.4 is 5.32 Å². The van der Waals surface area contributed by atoms with Gasteiger partial charge in [0.25, 0.3) is 0 Å². The summed E-state index contributed by atoms with van der Waals surface area (Å²) in [5, 5.41) is 3.66. The molecule has 0 radical (unpaired) electrons. The molecule has 0 aromatic heterocycles. The molecule has 3 unspecified atom stereocenters. The van der Waals surface area contributed by atoms with Crippen molar-refractivity contribution >= 4 is 0 Å². The van der Waals surface area contributed by atoms with Crippen LogP contribution in [0.2, 0.25) is 0 Å². The molecule has 2 nitrogen and oxygen atoms in total. The molecule has 1 fully saturated rings. The van der Waals surface area contributed by atoms with Gasteiger partial charge in [0.05, 0.1) is 0 Å². The molecule has 0 aromatic carbocycles. The minimum Gasteiger partial charge on any atom is -0.314 e. The molecular weight excluding hydrogens is 196 g/mol. The molecule has 1 aliphatic rings. The molecule has 0 amide bonds. The van der Waals surface area contributed by atoms with Crippen LogP contribution in [0, 0.1) is 5.92 Å². The molecule has 1 aliphatic carbocycles. The Morgan fingerprint density at radius 3 is 2.50 bits per heavy atom. The van der Waals surface area contributed by atoms with E-state index in [4.69, 9.17) is 0 Å². The summed E-state index contributed by atoms with van der Waals surface area (Å²) in [7, 11) is 2.30. The molecule has 1 rings (SSSR count). The number of hydrogen-bond donors (Lipinski definition) is 1. The quantitative estimate of drug-likeness (QED) is 0.749. The molecule has 3 atom stereocenters. The molecule has 0 aromatic rings. The summed E-state index contributed by atoms with van der Waals surface area (Å²) in [6.07, 6.45) is 5.32. The van der Waals surface area contributed by atoms with Gasteiger partial charge in [-0.2, -0.15) is 0 Å². The molecule has 2 heteroatoms. The van der Waals surface area contributed by atoms with Gasteiger partial charge in [-0.05, 0) is 52.1 Å². The second kappa shape index (κ2) is 6.61. The highest BCUT2D eigenvalue weighted by Gasteiger charge is 2.29. The molecule has 0 bridgehead atoms. The van der Waals surface area contributed by atoms with E-state index >= 15 is 0 Å². The Morgan fingerprint density at radius 2 is 1.94 bits per heavy atom. The van der Waals surface area contributed by atoms with Gasteiger partial charge in [-0.1, -0.05) is 20.8 Å². The van der Waals surface area contributed by atoms with Crippen molar-refractivity contribution in [3.63, 3.8) is 0 Å². The second-order valence-corrected chi connectivity index (χ2v) is 5.77. The molecule has 16 heavy (non-hydrogen) atoms. The Balaban J connectivity index is 2.34. The molecule has 0 spiro atoms. The van der Waals surface area contributed by atoms with Crippen molar-refractivity contribution in [3.05, 3.63) is 0 Å². The van der Waals surface area contributed by atoms with Gasteiger partial charge in [0, 0.05) is 18.1 Å². The molecule has 96 valence electrons. The Labute approximate surface area is 102 Å². The molecule has 0 saturated heterocycles. The molecule has 1 N–H and O–H groups in total. The first-order valence-electron chi connectivity index (χ1n) is 7.01. The van der Waals surface area contributed by atoms with Crippen LogP contribution in [0.4, 0.5) is 0 Å². The predicted octanol–water partition coefficient (Wildman–Crippen LogP) is 2.88. The Hall–Kier alpha value is -0.0800. The maximum atomic E-state index is 3.66. The summed E-state index contributed by atoms with van der Waals surface area (Å²) < 4.78 is 0. The van der Waals surface area contributed by atoms with E-state index in [0.29, 0.717) is 6.04 Å². The van der Waals surface area contributed by atoms with Gasteiger partial charge in [0.2, 0.25) is 0 Å². The van der Waals surface area contributed by atoms with Crippen molar-refractivity contribution in [2.45, 2.75) is 71.5 Å². The van der Waals surface area contributed by atoms with Crippen LogP contribution in [-0.4, -0.2) is 36.6 Å². The highest BCUT2D eigenvalue weighted by Crippen LogP contribution is 2.26. The molecule has 0 heterocycles. The van der Waals surface area contributed by atoms with Crippen LogP contribution in [-0.2, 0) is 0 Å². The van der Waals surface area contributed by atoms with Gasteiger partial charge in [0.1, 0.15) is 0 Å². The van der Waals surface area contributed by atoms with E-state index in [1.165, 1.54) is 32.2 Å². The standard InChI is InChI=1S/C14H30N2/c1-6-9-15-13-7-8-14(10-13)16(5)12(4)11(2)3/h11-15H,6-10H2,1-5H3. The summed E-state index contributed by atoms with van der Waals surface area (Å²) in [4.78, 5) is 2.60. The predicted molar refractivity (Wildman–Crippen MR) is 71.8 cm³/mol. The van der Waals surface area contributed by atoms with Crippen LogP contribution in [0.3, 0.4) is 0 Å². The van der Waals surface area contributed by atoms with E-state index in [2.05, 4.69) is 45.0 Å². The highest BCUT2D eigenvalue weighted by atomic mass is 15.2. The van der Waals surface area contributed by atoms with Crippen LogP contribution in [0.5, 0.6) is 0 Å². The zero-order chi connectivity index (χ0) is 12.1. The van der Waals surface area contributed by atoms with Gasteiger partial charge in [0.15, 0.2) is 0 Å². The lowest BCUT2D eigenvalue weighted by Crippen LogP contribution is -2.41. The van der Waals surface area contributed by atoms with E-state index in [0.717, 1.165) is 18.0 Å². The minimum atomic E-state index is 0.704. The van der Waals surface area contributed by atoms with Crippen molar-refractivity contribution < 1.29 is 0 Å². The van der Waals surface area contributed by atoms with Crippen LogP contribution >= 0.6 is 0 Å². The molecular formula is C14H30N2. The molecule has 0 aliphatic heterocycles. The third-order valence-electron chi connectivity index (χ3n) is 4.27. The van der Waals surface area contributed by atoms with E-state index in [1.54, 1.807) is 0 Å². The fourth-order valence-corrected chi connectivity index (χ4v) is 2.66. The summed E-state index contributed by atoms with van der Waals surface area (Å²) in [6, 6.07) is 2.27. The third kappa shape index (κ3) is 3.74. The van der Waals surface area contributed by atoms with Crippen molar-refractivity contribution in [2.75, 3.05) is 13.6 Å². The van der Waals surface area contributed by atoms with Crippen LogP contribution in [0.1, 0.15) is 53.4 Å². The Bertz CT molecular complexity index is 191. The van der Waals surface area contributed by atoms with Crippen molar-refractivity contribution in [3.8, 4) is 0 Å². The highest BCUT2D eigenvalue weighted by molar-refractivity contribution is 4.87. The fourth-order valence-electron chi connectivity index (χ4n) is 2.66. The van der Waals surface area contributed by atoms with Crippen molar-refractivity contribution in [1.29, 1.82) is 0 Å². The lowest BCUT2D eigenvalue weighted by atomic mass is 10.0. The van der Waals surface area contributed by atoms with Gasteiger partial charge in [-0.25, -0.2) is 0 Å². The monoisotopic (exact) mass is 226 g/mol.